The molecule has 0 bridgehead atoms. The molecule has 0 saturated heterocycles. The van der Waals surface area contributed by atoms with E-state index < -0.39 is 28.8 Å². The molecule has 1 N–H and O–H groups in total. The average Bonchev–Trinajstić information content (AvgIpc) is 3.53. The fraction of sp³-hybridized carbons (Fsp3) is 0.429. The molecular formula is C28H34N4O6S. The molecule has 39 heavy (non-hydrogen) atoms. The van der Waals surface area contributed by atoms with E-state index in [0.29, 0.717) is 38.8 Å². The summed E-state index contributed by atoms with van der Waals surface area (Å²) in [6, 6.07) is 7.46. The fourth-order valence-corrected chi connectivity index (χ4v) is 5.90. The van der Waals surface area contributed by atoms with Crippen LogP contribution in [0.4, 0.5) is 0 Å². The first kappa shape index (κ1) is 28.3. The Balaban J connectivity index is 2.05. The Labute approximate surface area is 230 Å². The Bertz CT molecular complexity index is 1600. The molecular weight excluding hydrogens is 520 g/mol. The number of hydrogen-bond donors (Lipinski definition) is 1. The van der Waals surface area contributed by atoms with Crippen molar-refractivity contribution < 1.29 is 18.7 Å². The number of amides is 1. The molecule has 0 saturated carbocycles. The zero-order chi connectivity index (χ0) is 28.5. The Kier molecular flexibility index (Phi) is 8.12. The highest BCUT2D eigenvalue weighted by molar-refractivity contribution is 7.22. The van der Waals surface area contributed by atoms with Crippen LogP contribution in [-0.4, -0.2) is 39.8 Å². The summed E-state index contributed by atoms with van der Waals surface area (Å²) >= 11 is 1.25. The number of aryl methyl sites for hydroxylation is 1. The van der Waals surface area contributed by atoms with Crippen molar-refractivity contribution in [2.75, 3.05) is 13.7 Å². The van der Waals surface area contributed by atoms with Crippen LogP contribution < -0.4 is 21.3 Å². The molecule has 0 aliphatic carbocycles. The number of carbonyl (C=O) groups is 1. The van der Waals surface area contributed by atoms with Crippen molar-refractivity contribution in [1.82, 2.24) is 19.4 Å². The number of para-hydroxylation sites is 1. The molecule has 1 amide bonds. The van der Waals surface area contributed by atoms with Gasteiger partial charge < -0.3 is 19.2 Å². The molecule has 0 fully saturated rings. The van der Waals surface area contributed by atoms with Crippen molar-refractivity contribution in [2.45, 2.75) is 65.8 Å². The largest absolute Gasteiger partial charge is 0.496 e. The maximum absolute atomic E-state index is 14.2. The van der Waals surface area contributed by atoms with E-state index >= 15 is 0 Å². The van der Waals surface area contributed by atoms with Crippen molar-refractivity contribution in [3.63, 3.8) is 0 Å². The third kappa shape index (κ3) is 5.16. The lowest BCUT2D eigenvalue weighted by Crippen LogP contribution is -2.55. The van der Waals surface area contributed by atoms with Gasteiger partial charge in [0.25, 0.3) is 5.56 Å². The van der Waals surface area contributed by atoms with Gasteiger partial charge in [-0.25, -0.2) is 14.3 Å². The molecule has 11 heteroatoms. The molecule has 208 valence electrons. The molecule has 1 unspecified atom stereocenters. The lowest BCUT2D eigenvalue weighted by molar-refractivity contribution is -0.128. The summed E-state index contributed by atoms with van der Waals surface area (Å²) < 4.78 is 20.0. The molecule has 10 nitrogen and oxygen atoms in total. The number of rotatable bonds is 10. The molecule has 3 heterocycles. The Morgan fingerprint density at radius 3 is 2.56 bits per heavy atom. The fourth-order valence-electron chi connectivity index (χ4n) is 4.66. The van der Waals surface area contributed by atoms with Crippen LogP contribution in [0.15, 0.2) is 50.7 Å². The van der Waals surface area contributed by atoms with E-state index in [1.807, 2.05) is 38.1 Å². The van der Waals surface area contributed by atoms with Gasteiger partial charge in [0.05, 0.1) is 36.2 Å². The summed E-state index contributed by atoms with van der Waals surface area (Å²) in [6.07, 6.45) is 2.22. The molecule has 0 radical (unpaired) electrons. The van der Waals surface area contributed by atoms with Crippen LogP contribution in [0.25, 0.3) is 21.0 Å². The number of methoxy groups -OCH3 is 1. The van der Waals surface area contributed by atoms with Gasteiger partial charge in [-0.2, -0.15) is 0 Å². The minimum absolute atomic E-state index is 0.0740. The molecule has 0 spiro atoms. The zero-order valence-corrected chi connectivity index (χ0v) is 24.0. The Morgan fingerprint density at radius 1 is 1.23 bits per heavy atom. The summed E-state index contributed by atoms with van der Waals surface area (Å²) in [7, 11) is 1.58. The summed E-state index contributed by atoms with van der Waals surface area (Å²) in [5, 5.41) is 3.07. The van der Waals surface area contributed by atoms with E-state index in [2.05, 4.69) is 10.3 Å². The van der Waals surface area contributed by atoms with E-state index in [1.54, 1.807) is 34.8 Å². The monoisotopic (exact) mass is 554 g/mol. The third-order valence-electron chi connectivity index (χ3n) is 6.56. The second kappa shape index (κ2) is 11.2. The quantitative estimate of drug-likeness (QED) is 0.312. The summed E-state index contributed by atoms with van der Waals surface area (Å²) in [5.74, 6) is 0.531. The van der Waals surface area contributed by atoms with Crippen molar-refractivity contribution in [1.29, 1.82) is 0 Å². The summed E-state index contributed by atoms with van der Waals surface area (Å²) in [6.45, 7) is 11.0. The minimum atomic E-state index is -1.46. The number of carbonyl (C=O) groups excluding carboxylic acids is 1. The number of fused-ring (bicyclic) bond motifs is 1. The van der Waals surface area contributed by atoms with E-state index in [9.17, 15) is 14.4 Å². The van der Waals surface area contributed by atoms with Crippen LogP contribution in [0.5, 0.6) is 5.75 Å². The lowest BCUT2D eigenvalue weighted by Gasteiger charge is -2.28. The number of nitrogens with one attached hydrogen (secondary N) is 1. The second-order valence-corrected chi connectivity index (χ2v) is 10.9. The van der Waals surface area contributed by atoms with E-state index in [0.717, 1.165) is 10.1 Å². The highest BCUT2D eigenvalue weighted by atomic mass is 32.1. The standard InChI is InChI=1S/C28H34N4O6S/c1-8-29-26(34)28(5,6)32-24(33)21-17(4)22(23-30-13-14-37-23)39-25(21)31(27(32)35)15-20(38-16(2)3)18-11-9-10-12-19(18)36-7/h9-14,16,20H,8,15H2,1-7H3,(H,29,34). The van der Waals surface area contributed by atoms with Gasteiger partial charge in [-0.3, -0.25) is 14.2 Å². The van der Waals surface area contributed by atoms with Gasteiger partial charge in [0.15, 0.2) is 0 Å². The average molecular weight is 555 g/mol. The topological polar surface area (TPSA) is 118 Å². The first-order valence-corrected chi connectivity index (χ1v) is 13.6. The molecule has 1 aromatic carbocycles. The van der Waals surface area contributed by atoms with E-state index in [-0.39, 0.29) is 12.6 Å². The maximum Gasteiger partial charge on any atom is 0.333 e. The second-order valence-electron chi connectivity index (χ2n) is 9.94. The lowest BCUT2D eigenvalue weighted by atomic mass is 10.0. The third-order valence-corrected chi connectivity index (χ3v) is 7.86. The van der Waals surface area contributed by atoms with Crippen LogP contribution in [0.3, 0.4) is 0 Å². The van der Waals surface area contributed by atoms with Crippen molar-refractivity contribution in [2.24, 2.45) is 0 Å². The van der Waals surface area contributed by atoms with Gasteiger partial charge in [-0.05, 0) is 53.2 Å². The molecule has 0 aliphatic heterocycles. The molecule has 4 aromatic rings. The number of nitrogens with zero attached hydrogens (tertiary/aromatic N) is 3. The molecule has 1 atom stereocenters. The number of benzene rings is 1. The van der Waals surface area contributed by atoms with Crippen LogP contribution in [-0.2, 0) is 21.6 Å². The van der Waals surface area contributed by atoms with E-state index in [1.165, 1.54) is 28.4 Å². The predicted octanol–water partition coefficient (Wildman–Crippen LogP) is 4.23. The van der Waals surface area contributed by atoms with Crippen molar-refractivity contribution >= 4 is 27.5 Å². The zero-order valence-electron chi connectivity index (χ0n) is 23.2. The van der Waals surface area contributed by atoms with Crippen molar-refractivity contribution in [3.8, 4) is 16.5 Å². The maximum atomic E-state index is 14.2. The Morgan fingerprint density at radius 2 is 1.95 bits per heavy atom. The van der Waals surface area contributed by atoms with Crippen molar-refractivity contribution in [3.05, 3.63) is 68.7 Å². The molecule has 0 aliphatic rings. The van der Waals surface area contributed by atoms with E-state index in [4.69, 9.17) is 13.9 Å². The summed E-state index contributed by atoms with van der Waals surface area (Å²) in [5.41, 5.74) is -1.24. The smallest absolute Gasteiger partial charge is 0.333 e. The normalized spacial score (nSPS) is 12.7. The minimum Gasteiger partial charge on any atom is -0.496 e. The van der Waals surface area contributed by atoms with Gasteiger partial charge in [-0.15, -0.1) is 11.3 Å². The van der Waals surface area contributed by atoms with Crippen LogP contribution in [0, 0.1) is 6.92 Å². The number of likely N-dealkylation sites (N-methyl/N-ethyl adjacent to an activating group) is 1. The van der Waals surface area contributed by atoms with Gasteiger partial charge in [0.2, 0.25) is 11.8 Å². The summed E-state index contributed by atoms with van der Waals surface area (Å²) in [4.78, 5) is 46.6. The van der Waals surface area contributed by atoms with Crippen LogP contribution >= 0.6 is 11.3 Å². The highest BCUT2D eigenvalue weighted by Gasteiger charge is 2.36. The highest BCUT2D eigenvalue weighted by Crippen LogP contribution is 2.37. The predicted molar refractivity (Wildman–Crippen MR) is 151 cm³/mol. The molecule has 4 rings (SSSR count). The van der Waals surface area contributed by atoms with Gasteiger partial charge >= 0.3 is 5.69 Å². The van der Waals surface area contributed by atoms with Crippen LogP contribution in [0.2, 0.25) is 0 Å². The van der Waals surface area contributed by atoms with Crippen LogP contribution in [0.1, 0.15) is 51.8 Å². The van der Waals surface area contributed by atoms with Gasteiger partial charge in [0.1, 0.15) is 28.5 Å². The first-order chi connectivity index (χ1) is 18.5. The number of oxazole rings is 1. The number of hydrogen-bond acceptors (Lipinski definition) is 8. The Hall–Kier alpha value is -3.70. The van der Waals surface area contributed by atoms with Gasteiger partial charge in [0, 0.05) is 12.1 Å². The number of ether oxygens (including phenoxy) is 2. The number of thiophene rings is 1. The first-order valence-electron chi connectivity index (χ1n) is 12.8. The molecule has 3 aromatic heterocycles. The number of aromatic nitrogens is 3. The SMILES string of the molecule is CCNC(=O)C(C)(C)n1c(=O)c2c(C)c(-c3ncco3)sc2n(CC(OC(C)C)c2ccccc2OC)c1=O. The van der Waals surface area contributed by atoms with Gasteiger partial charge in [-0.1, -0.05) is 18.2 Å².